The first-order chi connectivity index (χ1) is 11.5. The van der Waals surface area contributed by atoms with Crippen LogP contribution in [-0.4, -0.2) is 59.1 Å². The number of aliphatic hydroxyl groups excluding tert-OH is 1. The number of aliphatic hydroxyl groups is 1. The van der Waals surface area contributed by atoms with Gasteiger partial charge in [0.1, 0.15) is 11.6 Å². The summed E-state index contributed by atoms with van der Waals surface area (Å²) in [5, 5.41) is 9.99. The molecule has 2 atom stereocenters. The number of carbonyl (C=O) groups is 1. The zero-order chi connectivity index (χ0) is 17.1. The molecule has 1 aromatic carbocycles. The Morgan fingerprint density at radius 3 is 2.58 bits per heavy atom. The lowest BCUT2D eigenvalue weighted by atomic mass is 10.1. The van der Waals surface area contributed by atoms with Gasteiger partial charge in [-0.05, 0) is 49.4 Å². The Labute approximate surface area is 141 Å². The number of nitrogens with zero attached hydrogens (tertiary/aromatic N) is 2. The summed E-state index contributed by atoms with van der Waals surface area (Å²) in [6, 6.07) is 3.56. The second-order valence-electron chi connectivity index (χ2n) is 6.72. The van der Waals surface area contributed by atoms with E-state index in [4.69, 9.17) is 0 Å². The predicted molar refractivity (Wildman–Crippen MR) is 86.5 cm³/mol. The molecule has 0 radical (unpaired) electrons. The quantitative estimate of drug-likeness (QED) is 0.913. The Bertz CT molecular complexity index is 588. The standard InChI is InChI=1S/C18H24F2N2O2/c19-14-5-6-15(20)13(12-14)4-7-18(24)22-10-8-21(9-11-22)16-2-1-3-17(16)23/h5-6,12,16-17,23H,1-4,7-11H2/t16-,17+/m0/s1. The topological polar surface area (TPSA) is 43.8 Å². The molecular weight excluding hydrogens is 314 g/mol. The number of carbonyl (C=O) groups excluding carboxylic acids is 1. The lowest BCUT2D eigenvalue weighted by Gasteiger charge is -2.39. The fraction of sp³-hybridized carbons (Fsp3) is 0.611. The third-order valence-electron chi connectivity index (χ3n) is 5.20. The van der Waals surface area contributed by atoms with E-state index in [-0.39, 0.29) is 36.5 Å². The Balaban J connectivity index is 1.47. The van der Waals surface area contributed by atoms with E-state index in [0.717, 1.165) is 50.6 Å². The van der Waals surface area contributed by atoms with E-state index in [1.807, 2.05) is 0 Å². The Morgan fingerprint density at radius 1 is 1.17 bits per heavy atom. The van der Waals surface area contributed by atoms with Crippen molar-refractivity contribution < 1.29 is 18.7 Å². The first-order valence-electron chi connectivity index (χ1n) is 8.68. The van der Waals surface area contributed by atoms with Gasteiger partial charge in [-0.2, -0.15) is 0 Å². The van der Waals surface area contributed by atoms with Gasteiger partial charge in [-0.3, -0.25) is 9.69 Å². The maximum atomic E-state index is 13.6. The van der Waals surface area contributed by atoms with Crippen LogP contribution in [0.4, 0.5) is 8.78 Å². The van der Waals surface area contributed by atoms with Gasteiger partial charge in [0.05, 0.1) is 6.10 Å². The lowest BCUT2D eigenvalue weighted by molar-refractivity contribution is -0.133. The molecule has 0 spiro atoms. The zero-order valence-corrected chi connectivity index (χ0v) is 13.8. The molecule has 1 N–H and O–H groups in total. The summed E-state index contributed by atoms with van der Waals surface area (Å²) in [7, 11) is 0. The molecule has 1 saturated heterocycles. The number of aryl methyl sites for hydroxylation is 1. The molecule has 1 saturated carbocycles. The first kappa shape index (κ1) is 17.3. The number of amides is 1. The summed E-state index contributed by atoms with van der Waals surface area (Å²) in [6.45, 7) is 2.80. The molecule has 0 unspecified atom stereocenters. The molecule has 132 valence electrons. The molecule has 1 amide bonds. The Kier molecular flexibility index (Phi) is 5.46. The van der Waals surface area contributed by atoms with E-state index in [9.17, 15) is 18.7 Å². The normalized spacial score (nSPS) is 25.2. The molecule has 4 nitrogen and oxygen atoms in total. The highest BCUT2D eigenvalue weighted by atomic mass is 19.1. The van der Waals surface area contributed by atoms with Crippen molar-refractivity contribution >= 4 is 5.91 Å². The van der Waals surface area contributed by atoms with Crippen molar-refractivity contribution in [3.63, 3.8) is 0 Å². The van der Waals surface area contributed by atoms with Crippen molar-refractivity contribution in [2.75, 3.05) is 26.2 Å². The highest BCUT2D eigenvalue weighted by Gasteiger charge is 2.33. The molecule has 24 heavy (non-hydrogen) atoms. The smallest absolute Gasteiger partial charge is 0.222 e. The maximum absolute atomic E-state index is 13.6. The van der Waals surface area contributed by atoms with Gasteiger partial charge < -0.3 is 10.0 Å². The van der Waals surface area contributed by atoms with E-state index >= 15 is 0 Å². The number of halogens is 2. The highest BCUT2D eigenvalue weighted by Crippen LogP contribution is 2.25. The van der Waals surface area contributed by atoms with Gasteiger partial charge in [0.2, 0.25) is 5.91 Å². The van der Waals surface area contributed by atoms with Crippen LogP contribution in [0.15, 0.2) is 18.2 Å². The molecule has 2 aliphatic rings. The van der Waals surface area contributed by atoms with Crippen LogP contribution in [0.2, 0.25) is 0 Å². The van der Waals surface area contributed by atoms with E-state index in [1.54, 1.807) is 4.90 Å². The number of benzene rings is 1. The molecule has 2 fully saturated rings. The molecule has 1 aromatic rings. The minimum atomic E-state index is -0.484. The van der Waals surface area contributed by atoms with Crippen LogP contribution in [0.5, 0.6) is 0 Å². The van der Waals surface area contributed by atoms with Crippen LogP contribution in [0.25, 0.3) is 0 Å². The Hall–Kier alpha value is -1.53. The average molecular weight is 338 g/mol. The van der Waals surface area contributed by atoms with E-state index in [0.29, 0.717) is 13.1 Å². The molecule has 0 bridgehead atoms. The van der Waals surface area contributed by atoms with Gasteiger partial charge in [0, 0.05) is 38.6 Å². The van der Waals surface area contributed by atoms with Gasteiger partial charge in [0.25, 0.3) is 0 Å². The monoisotopic (exact) mass is 338 g/mol. The zero-order valence-electron chi connectivity index (χ0n) is 13.8. The van der Waals surface area contributed by atoms with Crippen molar-refractivity contribution in [3.8, 4) is 0 Å². The molecular formula is C18H24F2N2O2. The number of hydrogen-bond donors (Lipinski definition) is 1. The third-order valence-corrected chi connectivity index (χ3v) is 5.20. The summed E-state index contributed by atoms with van der Waals surface area (Å²) >= 11 is 0. The van der Waals surface area contributed by atoms with Crippen LogP contribution in [0.3, 0.4) is 0 Å². The largest absolute Gasteiger partial charge is 0.391 e. The summed E-state index contributed by atoms with van der Waals surface area (Å²) in [5.74, 6) is -0.975. The summed E-state index contributed by atoms with van der Waals surface area (Å²) in [5.41, 5.74) is 0.246. The second-order valence-corrected chi connectivity index (χ2v) is 6.72. The number of rotatable bonds is 4. The predicted octanol–water partition coefficient (Wildman–Crippen LogP) is 1.95. The second kappa shape index (κ2) is 7.57. The van der Waals surface area contributed by atoms with Crippen molar-refractivity contribution in [1.29, 1.82) is 0 Å². The minimum absolute atomic E-state index is 0.0229. The lowest BCUT2D eigenvalue weighted by Crippen LogP contribution is -2.53. The van der Waals surface area contributed by atoms with Gasteiger partial charge in [-0.1, -0.05) is 0 Å². The van der Waals surface area contributed by atoms with Gasteiger partial charge in [-0.15, -0.1) is 0 Å². The summed E-state index contributed by atoms with van der Waals surface area (Å²) < 4.78 is 26.8. The molecule has 1 heterocycles. The molecule has 6 heteroatoms. The fourth-order valence-corrected chi connectivity index (χ4v) is 3.78. The molecule has 0 aromatic heterocycles. The summed E-state index contributed by atoms with van der Waals surface area (Å²) in [4.78, 5) is 16.4. The van der Waals surface area contributed by atoms with Crippen LogP contribution in [0.1, 0.15) is 31.2 Å². The number of hydrogen-bond acceptors (Lipinski definition) is 3. The Morgan fingerprint density at radius 2 is 1.92 bits per heavy atom. The number of piperazine rings is 1. The fourth-order valence-electron chi connectivity index (χ4n) is 3.78. The van der Waals surface area contributed by atoms with Crippen molar-refractivity contribution in [3.05, 3.63) is 35.4 Å². The first-order valence-corrected chi connectivity index (χ1v) is 8.68. The highest BCUT2D eigenvalue weighted by molar-refractivity contribution is 5.76. The average Bonchev–Trinajstić information content (AvgIpc) is 3.01. The van der Waals surface area contributed by atoms with Crippen molar-refractivity contribution in [2.45, 2.75) is 44.2 Å². The minimum Gasteiger partial charge on any atom is -0.391 e. The SMILES string of the molecule is O=C(CCc1cc(F)ccc1F)N1CCN([C@H]2CCC[C@H]2O)CC1. The van der Waals surface area contributed by atoms with Crippen molar-refractivity contribution in [2.24, 2.45) is 0 Å². The van der Waals surface area contributed by atoms with Gasteiger partial charge >= 0.3 is 0 Å². The van der Waals surface area contributed by atoms with Gasteiger partial charge in [0.15, 0.2) is 0 Å². The van der Waals surface area contributed by atoms with E-state index in [1.165, 1.54) is 0 Å². The third kappa shape index (κ3) is 3.92. The molecule has 1 aliphatic heterocycles. The van der Waals surface area contributed by atoms with E-state index in [2.05, 4.69) is 4.90 Å². The van der Waals surface area contributed by atoms with Crippen LogP contribution >= 0.6 is 0 Å². The summed E-state index contributed by atoms with van der Waals surface area (Å²) in [6.07, 6.45) is 3.10. The van der Waals surface area contributed by atoms with Crippen LogP contribution in [0, 0.1) is 11.6 Å². The molecule has 1 aliphatic carbocycles. The van der Waals surface area contributed by atoms with Gasteiger partial charge in [-0.25, -0.2) is 8.78 Å². The van der Waals surface area contributed by atoms with Crippen LogP contribution in [-0.2, 0) is 11.2 Å². The van der Waals surface area contributed by atoms with Crippen LogP contribution < -0.4 is 0 Å². The maximum Gasteiger partial charge on any atom is 0.222 e. The molecule has 3 rings (SSSR count). The van der Waals surface area contributed by atoms with E-state index < -0.39 is 11.6 Å². The van der Waals surface area contributed by atoms with Crippen molar-refractivity contribution in [1.82, 2.24) is 9.80 Å².